The van der Waals surface area contributed by atoms with Gasteiger partial charge in [0.05, 0.1) is 10.6 Å². The van der Waals surface area contributed by atoms with Crippen molar-refractivity contribution in [1.29, 1.82) is 0 Å². The van der Waals surface area contributed by atoms with E-state index in [0.29, 0.717) is 11.1 Å². The van der Waals surface area contributed by atoms with E-state index in [2.05, 4.69) is 31.4 Å². The van der Waals surface area contributed by atoms with Crippen molar-refractivity contribution in [2.24, 2.45) is 0 Å². The molecule has 0 saturated heterocycles. The van der Waals surface area contributed by atoms with Gasteiger partial charge in [0, 0.05) is 10.2 Å². The van der Waals surface area contributed by atoms with E-state index in [1.807, 2.05) is 42.6 Å². The van der Waals surface area contributed by atoms with Gasteiger partial charge in [0.15, 0.2) is 0 Å². The Morgan fingerprint density at radius 3 is 3.00 bits per heavy atom. The van der Waals surface area contributed by atoms with Crippen LogP contribution < -0.4 is 5.32 Å². The molecule has 1 amide bonds. The Bertz CT molecular complexity index is 818. The topological polar surface area (TPSA) is 68.0 Å². The van der Waals surface area contributed by atoms with Crippen LogP contribution in [-0.4, -0.2) is 21.9 Å². The van der Waals surface area contributed by atoms with E-state index >= 15 is 0 Å². The van der Waals surface area contributed by atoms with E-state index in [0.717, 1.165) is 20.6 Å². The number of nitrogens with zero attached hydrogens (tertiary/aromatic N) is 2. The van der Waals surface area contributed by atoms with Crippen molar-refractivity contribution < 1.29 is 9.21 Å². The lowest BCUT2D eigenvalue weighted by atomic mass is 10.2. The molecule has 2 aromatic heterocycles. The molecule has 0 saturated carbocycles. The van der Waals surface area contributed by atoms with Crippen LogP contribution in [0, 0.1) is 6.92 Å². The first-order valence-corrected chi connectivity index (χ1v) is 9.34. The van der Waals surface area contributed by atoms with Crippen LogP contribution >= 0.6 is 39.0 Å². The predicted octanol–water partition coefficient (Wildman–Crippen LogP) is 4.60. The van der Waals surface area contributed by atoms with Gasteiger partial charge in [0.1, 0.15) is 0 Å². The molecule has 0 aliphatic heterocycles. The molecule has 0 aliphatic carbocycles. The second-order valence-corrected chi connectivity index (χ2v) is 7.44. The van der Waals surface area contributed by atoms with Gasteiger partial charge in [0.2, 0.25) is 5.91 Å². The van der Waals surface area contributed by atoms with Crippen molar-refractivity contribution in [3.8, 4) is 10.8 Å². The summed E-state index contributed by atoms with van der Waals surface area (Å²) in [4.78, 5) is 12.9. The minimum Gasteiger partial charge on any atom is -0.410 e. The van der Waals surface area contributed by atoms with Gasteiger partial charge in [-0.3, -0.25) is 4.79 Å². The first-order valence-electron chi connectivity index (χ1n) is 6.68. The van der Waals surface area contributed by atoms with Crippen LogP contribution in [0.3, 0.4) is 0 Å². The highest BCUT2D eigenvalue weighted by molar-refractivity contribution is 9.10. The number of carbonyl (C=O) groups excluding carboxylic acids is 1. The van der Waals surface area contributed by atoms with Gasteiger partial charge in [-0.05, 0) is 42.1 Å². The largest absolute Gasteiger partial charge is 0.410 e. The minimum atomic E-state index is -0.115. The number of nitrogens with one attached hydrogen (secondary N) is 1. The Morgan fingerprint density at radius 1 is 1.39 bits per heavy atom. The average molecular weight is 410 g/mol. The van der Waals surface area contributed by atoms with Gasteiger partial charge < -0.3 is 9.73 Å². The van der Waals surface area contributed by atoms with E-state index in [-0.39, 0.29) is 11.7 Å². The third-order valence-electron chi connectivity index (χ3n) is 2.93. The van der Waals surface area contributed by atoms with Crippen LogP contribution in [-0.2, 0) is 4.79 Å². The summed E-state index contributed by atoms with van der Waals surface area (Å²) in [7, 11) is 0. The molecule has 23 heavy (non-hydrogen) atoms. The number of carbonyl (C=O) groups is 1. The normalized spacial score (nSPS) is 10.7. The summed E-state index contributed by atoms with van der Waals surface area (Å²) in [6.07, 6.45) is 0. The second kappa shape index (κ2) is 7.29. The standard InChI is InChI=1S/C15H12BrN3O2S2/c1-9-7-10(16)4-5-11(9)17-13(20)8-23-15-19-18-14(21-15)12-3-2-6-22-12/h2-7H,8H2,1H3,(H,17,20). The number of benzene rings is 1. The number of hydrogen-bond acceptors (Lipinski definition) is 6. The Labute approximate surface area is 149 Å². The summed E-state index contributed by atoms with van der Waals surface area (Å²) in [5, 5.41) is 13.1. The lowest BCUT2D eigenvalue weighted by Gasteiger charge is -2.07. The van der Waals surface area contributed by atoms with Crippen LogP contribution in [0.1, 0.15) is 5.56 Å². The highest BCUT2D eigenvalue weighted by atomic mass is 79.9. The highest BCUT2D eigenvalue weighted by Crippen LogP contribution is 2.26. The first kappa shape index (κ1) is 16.2. The van der Waals surface area contributed by atoms with E-state index in [9.17, 15) is 4.79 Å². The number of thiophene rings is 1. The van der Waals surface area contributed by atoms with Crippen LogP contribution in [0.4, 0.5) is 5.69 Å². The zero-order valence-electron chi connectivity index (χ0n) is 12.1. The van der Waals surface area contributed by atoms with Gasteiger partial charge in [-0.2, -0.15) is 0 Å². The quantitative estimate of drug-likeness (QED) is 0.623. The van der Waals surface area contributed by atoms with Gasteiger partial charge >= 0.3 is 0 Å². The van der Waals surface area contributed by atoms with Crippen molar-refractivity contribution in [3.63, 3.8) is 0 Å². The number of thioether (sulfide) groups is 1. The van der Waals surface area contributed by atoms with E-state index < -0.39 is 0 Å². The third-order valence-corrected chi connectivity index (χ3v) is 5.10. The van der Waals surface area contributed by atoms with E-state index in [4.69, 9.17) is 4.42 Å². The van der Waals surface area contributed by atoms with Gasteiger partial charge in [-0.25, -0.2) is 0 Å². The zero-order chi connectivity index (χ0) is 16.2. The molecule has 0 spiro atoms. The van der Waals surface area contributed by atoms with E-state index in [1.54, 1.807) is 0 Å². The van der Waals surface area contributed by atoms with Crippen LogP contribution in [0.5, 0.6) is 0 Å². The lowest BCUT2D eigenvalue weighted by molar-refractivity contribution is -0.113. The summed E-state index contributed by atoms with van der Waals surface area (Å²) >= 11 is 6.15. The first-order chi connectivity index (χ1) is 11.1. The molecule has 118 valence electrons. The molecule has 3 rings (SSSR count). The number of aryl methyl sites for hydroxylation is 1. The third kappa shape index (κ3) is 4.21. The maximum Gasteiger partial charge on any atom is 0.277 e. The molecule has 0 fully saturated rings. The molecule has 0 bridgehead atoms. The van der Waals surface area contributed by atoms with Crippen molar-refractivity contribution in [1.82, 2.24) is 10.2 Å². The summed E-state index contributed by atoms with van der Waals surface area (Å²) < 4.78 is 6.51. The minimum absolute atomic E-state index is 0.115. The molecular formula is C15H12BrN3O2S2. The molecule has 0 unspecified atom stereocenters. The molecule has 1 aromatic carbocycles. The fraction of sp³-hybridized carbons (Fsp3) is 0.133. The lowest BCUT2D eigenvalue weighted by Crippen LogP contribution is -2.14. The maximum absolute atomic E-state index is 12.0. The summed E-state index contributed by atoms with van der Waals surface area (Å²) in [6, 6.07) is 9.54. The molecule has 0 aliphatic rings. The van der Waals surface area contributed by atoms with Crippen molar-refractivity contribution >= 4 is 50.6 Å². The number of amides is 1. The van der Waals surface area contributed by atoms with Crippen LogP contribution in [0.15, 0.2) is 49.8 Å². The molecule has 0 radical (unpaired) electrons. The molecule has 3 aromatic rings. The monoisotopic (exact) mass is 409 g/mol. The number of aromatic nitrogens is 2. The number of halogens is 1. The molecule has 1 N–H and O–H groups in total. The smallest absolute Gasteiger partial charge is 0.277 e. The van der Waals surface area contributed by atoms with Crippen molar-refractivity contribution in [2.75, 3.05) is 11.1 Å². The Kier molecular flexibility index (Phi) is 5.14. The van der Waals surface area contributed by atoms with Crippen LogP contribution in [0.2, 0.25) is 0 Å². The molecular weight excluding hydrogens is 398 g/mol. The Morgan fingerprint density at radius 2 is 2.26 bits per heavy atom. The Hall–Kier alpha value is -1.64. The Balaban J connectivity index is 1.57. The average Bonchev–Trinajstić information content (AvgIpc) is 3.18. The predicted molar refractivity (Wildman–Crippen MR) is 95.8 cm³/mol. The number of anilines is 1. The molecule has 8 heteroatoms. The fourth-order valence-corrected chi connectivity index (χ4v) is 3.53. The van der Waals surface area contributed by atoms with Crippen molar-refractivity contribution in [2.45, 2.75) is 12.1 Å². The number of rotatable bonds is 5. The summed E-state index contributed by atoms with van der Waals surface area (Å²) in [6.45, 7) is 1.94. The SMILES string of the molecule is Cc1cc(Br)ccc1NC(=O)CSc1nnc(-c2cccs2)o1. The second-order valence-electron chi connectivity index (χ2n) is 4.65. The fourth-order valence-electron chi connectivity index (χ4n) is 1.85. The van der Waals surface area contributed by atoms with Crippen molar-refractivity contribution in [3.05, 3.63) is 45.7 Å². The van der Waals surface area contributed by atoms with E-state index in [1.165, 1.54) is 23.1 Å². The maximum atomic E-state index is 12.0. The van der Waals surface area contributed by atoms with Gasteiger partial charge in [0.25, 0.3) is 11.1 Å². The summed E-state index contributed by atoms with van der Waals surface area (Å²) in [5.74, 6) is 0.574. The molecule has 0 atom stereocenters. The van der Waals surface area contributed by atoms with Gasteiger partial charge in [-0.15, -0.1) is 21.5 Å². The zero-order valence-corrected chi connectivity index (χ0v) is 15.3. The highest BCUT2D eigenvalue weighted by Gasteiger charge is 2.12. The van der Waals surface area contributed by atoms with Crippen LogP contribution in [0.25, 0.3) is 10.8 Å². The number of hydrogen-bond donors (Lipinski definition) is 1. The summed E-state index contributed by atoms with van der Waals surface area (Å²) in [5.41, 5.74) is 1.79. The molecule has 5 nitrogen and oxygen atoms in total. The molecule has 2 heterocycles. The van der Waals surface area contributed by atoms with Gasteiger partial charge in [-0.1, -0.05) is 33.8 Å².